The molecule has 0 amide bonds. The highest BCUT2D eigenvalue weighted by atomic mass is 16.5. The lowest BCUT2D eigenvalue weighted by molar-refractivity contribution is -0.0640. The van der Waals surface area contributed by atoms with Crippen molar-refractivity contribution in [3.63, 3.8) is 0 Å². The second-order valence-corrected chi connectivity index (χ2v) is 5.23. The predicted octanol–water partition coefficient (Wildman–Crippen LogP) is 2.89. The SMILES string of the molecule is C=CCC[C@@H](C)N[C@@H]1CCOC(C)(C)C1. The summed E-state index contributed by atoms with van der Waals surface area (Å²) in [5, 5.41) is 3.68. The summed E-state index contributed by atoms with van der Waals surface area (Å²) < 4.78 is 5.70. The minimum Gasteiger partial charge on any atom is -0.375 e. The predicted molar refractivity (Wildman–Crippen MR) is 65.1 cm³/mol. The number of allylic oxidation sites excluding steroid dienone is 1. The second-order valence-electron chi connectivity index (χ2n) is 5.23. The second kappa shape index (κ2) is 5.66. The van der Waals surface area contributed by atoms with E-state index in [1.807, 2.05) is 6.08 Å². The average Bonchev–Trinajstić information content (AvgIpc) is 2.13. The van der Waals surface area contributed by atoms with Crippen molar-refractivity contribution in [2.75, 3.05) is 6.61 Å². The fourth-order valence-electron chi connectivity index (χ4n) is 2.23. The summed E-state index contributed by atoms with van der Waals surface area (Å²) in [7, 11) is 0. The van der Waals surface area contributed by atoms with Crippen LogP contribution in [0, 0.1) is 0 Å². The van der Waals surface area contributed by atoms with E-state index < -0.39 is 0 Å². The van der Waals surface area contributed by atoms with Gasteiger partial charge in [-0.25, -0.2) is 0 Å². The summed E-state index contributed by atoms with van der Waals surface area (Å²) in [5.74, 6) is 0. The van der Waals surface area contributed by atoms with Crippen LogP contribution >= 0.6 is 0 Å². The molecular weight excluding hydrogens is 186 g/mol. The molecule has 0 aromatic carbocycles. The summed E-state index contributed by atoms with van der Waals surface area (Å²) in [6, 6.07) is 1.20. The minimum atomic E-state index is 0.0497. The normalized spacial score (nSPS) is 27.3. The highest BCUT2D eigenvalue weighted by molar-refractivity contribution is 4.84. The lowest BCUT2D eigenvalue weighted by Gasteiger charge is -2.37. The molecule has 0 unspecified atom stereocenters. The fourth-order valence-corrected chi connectivity index (χ4v) is 2.23. The molecule has 1 saturated heterocycles. The van der Waals surface area contributed by atoms with E-state index in [0.29, 0.717) is 12.1 Å². The van der Waals surface area contributed by atoms with Gasteiger partial charge < -0.3 is 10.1 Å². The first-order valence-electron chi connectivity index (χ1n) is 6.04. The Morgan fingerprint density at radius 1 is 1.60 bits per heavy atom. The van der Waals surface area contributed by atoms with Gasteiger partial charge in [0.05, 0.1) is 5.60 Å². The van der Waals surface area contributed by atoms with Crippen molar-refractivity contribution in [2.45, 2.75) is 64.1 Å². The molecule has 0 aromatic rings. The van der Waals surface area contributed by atoms with Gasteiger partial charge in [0, 0.05) is 18.7 Å². The van der Waals surface area contributed by atoms with E-state index >= 15 is 0 Å². The van der Waals surface area contributed by atoms with Gasteiger partial charge in [-0.3, -0.25) is 0 Å². The molecule has 1 heterocycles. The van der Waals surface area contributed by atoms with Gasteiger partial charge in [-0.15, -0.1) is 6.58 Å². The molecule has 1 rings (SSSR count). The third-order valence-corrected chi connectivity index (χ3v) is 3.02. The first kappa shape index (κ1) is 12.7. The molecule has 0 aliphatic carbocycles. The van der Waals surface area contributed by atoms with Crippen LogP contribution in [0.25, 0.3) is 0 Å². The number of rotatable bonds is 5. The van der Waals surface area contributed by atoms with Gasteiger partial charge in [-0.2, -0.15) is 0 Å². The zero-order valence-corrected chi connectivity index (χ0v) is 10.4. The first-order valence-corrected chi connectivity index (χ1v) is 6.04. The Hall–Kier alpha value is -0.340. The van der Waals surface area contributed by atoms with E-state index in [2.05, 4.69) is 32.7 Å². The molecule has 0 saturated carbocycles. The van der Waals surface area contributed by atoms with Crippen molar-refractivity contribution < 1.29 is 4.74 Å². The maximum absolute atomic E-state index is 5.70. The fraction of sp³-hybridized carbons (Fsp3) is 0.846. The van der Waals surface area contributed by atoms with Crippen LogP contribution in [0.2, 0.25) is 0 Å². The largest absolute Gasteiger partial charge is 0.375 e. The maximum Gasteiger partial charge on any atom is 0.0641 e. The highest BCUT2D eigenvalue weighted by Crippen LogP contribution is 2.24. The molecular formula is C13H25NO. The molecule has 2 atom stereocenters. The lowest BCUT2D eigenvalue weighted by atomic mass is 9.93. The zero-order valence-electron chi connectivity index (χ0n) is 10.4. The van der Waals surface area contributed by atoms with Crippen molar-refractivity contribution >= 4 is 0 Å². The summed E-state index contributed by atoms with van der Waals surface area (Å²) in [6.07, 6.45) is 6.53. The Morgan fingerprint density at radius 3 is 2.93 bits per heavy atom. The van der Waals surface area contributed by atoms with Crippen LogP contribution in [0.3, 0.4) is 0 Å². The van der Waals surface area contributed by atoms with Gasteiger partial charge in [-0.1, -0.05) is 6.08 Å². The molecule has 0 aromatic heterocycles. The Bertz CT molecular complexity index is 201. The van der Waals surface area contributed by atoms with E-state index in [1.165, 1.54) is 6.42 Å². The third kappa shape index (κ3) is 4.80. The Kier molecular flexibility index (Phi) is 4.81. The number of ether oxygens (including phenoxy) is 1. The molecule has 1 aliphatic heterocycles. The van der Waals surface area contributed by atoms with Crippen molar-refractivity contribution in [1.82, 2.24) is 5.32 Å². The molecule has 1 fully saturated rings. The Balaban J connectivity index is 2.28. The molecule has 0 radical (unpaired) electrons. The summed E-state index contributed by atoms with van der Waals surface area (Å²) in [6.45, 7) is 11.3. The highest BCUT2D eigenvalue weighted by Gasteiger charge is 2.28. The van der Waals surface area contributed by atoms with Crippen molar-refractivity contribution in [3.8, 4) is 0 Å². The first-order chi connectivity index (χ1) is 7.03. The van der Waals surface area contributed by atoms with Gasteiger partial charge in [-0.05, 0) is 46.5 Å². The van der Waals surface area contributed by atoms with Crippen LogP contribution in [0.1, 0.15) is 46.5 Å². The van der Waals surface area contributed by atoms with Gasteiger partial charge in [0.25, 0.3) is 0 Å². The van der Waals surface area contributed by atoms with Gasteiger partial charge in [0.1, 0.15) is 0 Å². The van der Waals surface area contributed by atoms with Gasteiger partial charge in [0.15, 0.2) is 0 Å². The van der Waals surface area contributed by atoms with Crippen molar-refractivity contribution in [1.29, 1.82) is 0 Å². The van der Waals surface area contributed by atoms with Crippen LogP contribution in [-0.2, 0) is 4.74 Å². The van der Waals surface area contributed by atoms with E-state index in [0.717, 1.165) is 25.9 Å². The lowest BCUT2D eigenvalue weighted by Crippen LogP contribution is -2.46. The number of nitrogens with one attached hydrogen (secondary N) is 1. The van der Waals surface area contributed by atoms with Crippen molar-refractivity contribution in [3.05, 3.63) is 12.7 Å². The van der Waals surface area contributed by atoms with E-state index in [1.54, 1.807) is 0 Å². The molecule has 1 aliphatic rings. The molecule has 1 N–H and O–H groups in total. The van der Waals surface area contributed by atoms with Gasteiger partial charge >= 0.3 is 0 Å². The van der Waals surface area contributed by atoms with E-state index in [9.17, 15) is 0 Å². The Labute approximate surface area is 94.1 Å². The monoisotopic (exact) mass is 211 g/mol. The standard InChI is InChI=1S/C13H25NO/c1-5-6-7-11(2)14-12-8-9-15-13(3,4)10-12/h5,11-12,14H,1,6-10H2,2-4H3/t11-,12-/m1/s1. The average molecular weight is 211 g/mol. The quantitative estimate of drug-likeness (QED) is 0.706. The topological polar surface area (TPSA) is 21.3 Å². The minimum absolute atomic E-state index is 0.0497. The molecule has 2 heteroatoms. The Morgan fingerprint density at radius 2 is 2.33 bits per heavy atom. The number of hydrogen-bond acceptors (Lipinski definition) is 2. The summed E-state index contributed by atoms with van der Waals surface area (Å²) >= 11 is 0. The molecule has 0 spiro atoms. The zero-order chi connectivity index (χ0) is 11.3. The number of hydrogen-bond donors (Lipinski definition) is 1. The van der Waals surface area contributed by atoms with Crippen LogP contribution in [0.15, 0.2) is 12.7 Å². The van der Waals surface area contributed by atoms with Gasteiger partial charge in [0.2, 0.25) is 0 Å². The molecule has 88 valence electrons. The van der Waals surface area contributed by atoms with Crippen LogP contribution in [0.4, 0.5) is 0 Å². The van der Waals surface area contributed by atoms with E-state index in [-0.39, 0.29) is 5.60 Å². The van der Waals surface area contributed by atoms with Crippen molar-refractivity contribution in [2.24, 2.45) is 0 Å². The molecule has 15 heavy (non-hydrogen) atoms. The molecule has 0 bridgehead atoms. The van der Waals surface area contributed by atoms with Crippen LogP contribution in [0.5, 0.6) is 0 Å². The smallest absolute Gasteiger partial charge is 0.0641 e. The maximum atomic E-state index is 5.70. The van der Waals surface area contributed by atoms with E-state index in [4.69, 9.17) is 4.74 Å². The van der Waals surface area contributed by atoms with Crippen LogP contribution in [-0.4, -0.2) is 24.3 Å². The summed E-state index contributed by atoms with van der Waals surface area (Å²) in [4.78, 5) is 0. The summed E-state index contributed by atoms with van der Waals surface area (Å²) in [5.41, 5.74) is 0.0497. The third-order valence-electron chi connectivity index (χ3n) is 3.02. The molecule has 2 nitrogen and oxygen atoms in total. The van der Waals surface area contributed by atoms with Crippen LogP contribution < -0.4 is 5.32 Å².